The number of rotatable bonds is 2. The normalized spacial score (nSPS) is 28.5. The first-order chi connectivity index (χ1) is 8.66. The van der Waals surface area contributed by atoms with Crippen LogP contribution in [0.25, 0.3) is 0 Å². The monoisotopic (exact) mass is 328 g/mol. The molecule has 0 amide bonds. The van der Waals surface area contributed by atoms with Crippen LogP contribution in [0.15, 0.2) is 22.7 Å². The second-order valence-electron chi connectivity index (χ2n) is 5.43. The van der Waals surface area contributed by atoms with Crippen LogP contribution in [-0.2, 0) is 0 Å². The molecule has 0 spiro atoms. The van der Waals surface area contributed by atoms with E-state index in [9.17, 15) is 0 Å². The van der Waals surface area contributed by atoms with Gasteiger partial charge in [0, 0.05) is 25.2 Å². The van der Waals surface area contributed by atoms with E-state index in [0.717, 1.165) is 28.5 Å². The molecular weight excluding hydrogens is 312 g/mol. The summed E-state index contributed by atoms with van der Waals surface area (Å²) in [5.74, 6) is 0.887. The van der Waals surface area contributed by atoms with E-state index in [1.165, 1.54) is 18.5 Å². The summed E-state index contributed by atoms with van der Waals surface area (Å²) in [6.07, 6.45) is 2.77. The minimum absolute atomic E-state index is 0.509. The zero-order chi connectivity index (χ0) is 12.7. The van der Waals surface area contributed by atoms with Crippen molar-refractivity contribution in [2.75, 3.05) is 18.0 Å². The average molecular weight is 330 g/mol. The van der Waals surface area contributed by atoms with Crippen LogP contribution < -0.4 is 10.2 Å². The van der Waals surface area contributed by atoms with E-state index in [0.29, 0.717) is 12.1 Å². The molecule has 1 aromatic carbocycles. The number of piperazine rings is 1. The Balaban J connectivity index is 1.86. The third-order valence-corrected chi connectivity index (χ3v) is 5.41. The van der Waals surface area contributed by atoms with Crippen molar-refractivity contribution in [2.45, 2.75) is 31.8 Å². The third-order valence-electron chi connectivity index (χ3n) is 4.03. The van der Waals surface area contributed by atoms with Crippen LogP contribution in [-0.4, -0.2) is 25.2 Å². The highest BCUT2D eigenvalue weighted by molar-refractivity contribution is 9.10. The molecule has 1 heterocycles. The first-order valence-corrected chi connectivity index (χ1v) is 7.78. The van der Waals surface area contributed by atoms with Gasteiger partial charge in [0.25, 0.3) is 0 Å². The lowest BCUT2D eigenvalue weighted by atomic mass is 10.1. The molecule has 98 valence electrons. The summed E-state index contributed by atoms with van der Waals surface area (Å²) in [5, 5.41) is 4.47. The molecule has 0 aromatic heterocycles. The molecule has 1 N–H and O–H groups in total. The second kappa shape index (κ2) is 5.03. The lowest BCUT2D eigenvalue weighted by Gasteiger charge is -2.41. The first-order valence-electron chi connectivity index (χ1n) is 6.61. The van der Waals surface area contributed by atoms with E-state index in [-0.39, 0.29) is 0 Å². The van der Waals surface area contributed by atoms with Crippen molar-refractivity contribution in [2.24, 2.45) is 5.92 Å². The molecule has 2 aliphatic rings. The summed E-state index contributed by atoms with van der Waals surface area (Å²) in [6, 6.07) is 7.27. The van der Waals surface area contributed by atoms with Gasteiger partial charge in [0.2, 0.25) is 0 Å². The Labute approximate surface area is 122 Å². The van der Waals surface area contributed by atoms with Gasteiger partial charge < -0.3 is 10.2 Å². The van der Waals surface area contributed by atoms with Crippen LogP contribution in [0, 0.1) is 5.92 Å². The van der Waals surface area contributed by atoms with E-state index in [4.69, 9.17) is 11.6 Å². The van der Waals surface area contributed by atoms with Gasteiger partial charge in [-0.25, -0.2) is 0 Å². The summed E-state index contributed by atoms with van der Waals surface area (Å²) in [5.41, 5.74) is 1.22. The molecule has 1 aliphatic heterocycles. The molecular formula is C14H18BrClN2. The molecule has 2 atom stereocenters. The molecule has 1 saturated carbocycles. The molecule has 3 rings (SSSR count). The predicted octanol–water partition coefficient (Wildman–Crippen LogP) is 3.68. The average Bonchev–Trinajstić information content (AvgIpc) is 3.18. The van der Waals surface area contributed by atoms with Gasteiger partial charge >= 0.3 is 0 Å². The SMILES string of the molecule is CC1CNC(C2CC2)CN1c1cccc(Cl)c1Br. The van der Waals surface area contributed by atoms with Crippen molar-refractivity contribution in [3.8, 4) is 0 Å². The molecule has 1 aliphatic carbocycles. The molecule has 2 nitrogen and oxygen atoms in total. The number of anilines is 1. The lowest BCUT2D eigenvalue weighted by molar-refractivity contribution is 0.375. The zero-order valence-corrected chi connectivity index (χ0v) is 12.8. The van der Waals surface area contributed by atoms with E-state index < -0.39 is 0 Å². The fourth-order valence-corrected chi connectivity index (χ4v) is 3.41. The molecule has 2 fully saturated rings. The van der Waals surface area contributed by atoms with Crippen molar-refractivity contribution in [3.63, 3.8) is 0 Å². The fourth-order valence-electron chi connectivity index (χ4n) is 2.75. The highest BCUT2D eigenvalue weighted by Gasteiger charge is 2.36. The standard InChI is InChI=1S/C14H18BrClN2/c1-9-7-17-12(10-5-6-10)8-18(9)13-4-2-3-11(16)14(13)15/h2-4,9-10,12,17H,5-8H2,1H3. The quantitative estimate of drug-likeness (QED) is 0.890. The molecule has 18 heavy (non-hydrogen) atoms. The molecule has 4 heteroatoms. The van der Waals surface area contributed by atoms with Crippen LogP contribution in [0.1, 0.15) is 19.8 Å². The summed E-state index contributed by atoms with van der Waals surface area (Å²) < 4.78 is 1.02. The van der Waals surface area contributed by atoms with Gasteiger partial charge in [0.15, 0.2) is 0 Å². The summed E-state index contributed by atoms with van der Waals surface area (Å²) >= 11 is 9.82. The van der Waals surface area contributed by atoms with E-state index in [1.54, 1.807) is 0 Å². The number of nitrogens with one attached hydrogen (secondary N) is 1. The Morgan fingerprint density at radius 2 is 2.17 bits per heavy atom. The molecule has 1 aromatic rings. The van der Waals surface area contributed by atoms with E-state index >= 15 is 0 Å². The Morgan fingerprint density at radius 3 is 2.89 bits per heavy atom. The fraction of sp³-hybridized carbons (Fsp3) is 0.571. The van der Waals surface area contributed by atoms with Crippen LogP contribution >= 0.6 is 27.5 Å². The molecule has 1 saturated heterocycles. The van der Waals surface area contributed by atoms with Gasteiger partial charge in [0.1, 0.15) is 0 Å². The topological polar surface area (TPSA) is 15.3 Å². The maximum absolute atomic E-state index is 6.20. The Bertz CT molecular complexity index is 447. The van der Waals surface area contributed by atoms with Crippen molar-refractivity contribution in [1.29, 1.82) is 0 Å². The first kappa shape index (κ1) is 12.8. The number of nitrogens with zero attached hydrogens (tertiary/aromatic N) is 1. The second-order valence-corrected chi connectivity index (χ2v) is 6.63. The zero-order valence-electron chi connectivity index (χ0n) is 10.5. The van der Waals surface area contributed by atoms with Gasteiger partial charge in [0.05, 0.1) is 15.2 Å². The summed E-state index contributed by atoms with van der Waals surface area (Å²) in [6.45, 7) is 4.41. The van der Waals surface area contributed by atoms with Crippen molar-refractivity contribution in [3.05, 3.63) is 27.7 Å². The minimum Gasteiger partial charge on any atom is -0.365 e. The van der Waals surface area contributed by atoms with Gasteiger partial charge in [-0.15, -0.1) is 0 Å². The van der Waals surface area contributed by atoms with E-state index in [2.05, 4.69) is 39.1 Å². The van der Waals surface area contributed by atoms with Crippen molar-refractivity contribution in [1.82, 2.24) is 5.32 Å². The van der Waals surface area contributed by atoms with Crippen LogP contribution in [0.4, 0.5) is 5.69 Å². The number of hydrogen-bond donors (Lipinski definition) is 1. The van der Waals surface area contributed by atoms with Crippen molar-refractivity contribution >= 4 is 33.2 Å². The van der Waals surface area contributed by atoms with Crippen LogP contribution in [0.3, 0.4) is 0 Å². The van der Waals surface area contributed by atoms with Gasteiger partial charge in [-0.05, 0) is 53.7 Å². The molecule has 0 bridgehead atoms. The van der Waals surface area contributed by atoms with Crippen LogP contribution in [0.2, 0.25) is 5.02 Å². The minimum atomic E-state index is 0.509. The van der Waals surface area contributed by atoms with Crippen molar-refractivity contribution < 1.29 is 0 Å². The Hall–Kier alpha value is -0.250. The van der Waals surface area contributed by atoms with Gasteiger partial charge in [-0.3, -0.25) is 0 Å². The summed E-state index contributed by atoms with van der Waals surface area (Å²) in [4.78, 5) is 2.48. The lowest BCUT2D eigenvalue weighted by Crippen LogP contribution is -2.56. The molecule has 0 radical (unpaired) electrons. The maximum Gasteiger partial charge on any atom is 0.0595 e. The number of benzene rings is 1. The van der Waals surface area contributed by atoms with E-state index in [1.807, 2.05) is 12.1 Å². The largest absolute Gasteiger partial charge is 0.365 e. The number of halogens is 2. The van der Waals surface area contributed by atoms with Gasteiger partial charge in [-0.1, -0.05) is 17.7 Å². The number of hydrogen-bond acceptors (Lipinski definition) is 2. The maximum atomic E-state index is 6.20. The predicted molar refractivity (Wildman–Crippen MR) is 80.5 cm³/mol. The van der Waals surface area contributed by atoms with Crippen LogP contribution in [0.5, 0.6) is 0 Å². The smallest absolute Gasteiger partial charge is 0.0595 e. The third kappa shape index (κ3) is 2.40. The summed E-state index contributed by atoms with van der Waals surface area (Å²) in [7, 11) is 0. The highest BCUT2D eigenvalue weighted by atomic mass is 79.9. The highest BCUT2D eigenvalue weighted by Crippen LogP contribution is 2.38. The van der Waals surface area contributed by atoms with Gasteiger partial charge in [-0.2, -0.15) is 0 Å². The Morgan fingerprint density at radius 1 is 1.39 bits per heavy atom. The molecule has 2 unspecified atom stereocenters. The Kier molecular flexibility index (Phi) is 3.57.